The first-order chi connectivity index (χ1) is 9.10. The molecule has 19 heavy (non-hydrogen) atoms. The van der Waals surface area contributed by atoms with Gasteiger partial charge in [-0.15, -0.1) is 0 Å². The lowest BCUT2D eigenvalue weighted by Gasteiger charge is -2.12. The summed E-state index contributed by atoms with van der Waals surface area (Å²) in [6.07, 6.45) is 3.20. The van der Waals surface area contributed by atoms with Crippen molar-refractivity contribution >= 4 is 17.5 Å². The molecule has 2 atom stereocenters. The van der Waals surface area contributed by atoms with E-state index in [-0.39, 0.29) is 24.3 Å². The fourth-order valence-electron chi connectivity index (χ4n) is 2.14. The topological polar surface area (TPSA) is 88.0 Å². The van der Waals surface area contributed by atoms with Crippen LogP contribution in [0.4, 0.5) is 5.69 Å². The Bertz CT molecular complexity index is 470. The molecule has 1 aromatic rings. The summed E-state index contributed by atoms with van der Waals surface area (Å²) in [5.74, 6) is 0.190. The summed E-state index contributed by atoms with van der Waals surface area (Å²) in [6.45, 7) is 3.78. The van der Waals surface area contributed by atoms with Crippen LogP contribution in [0.2, 0.25) is 0 Å². The Morgan fingerprint density at radius 3 is 2.95 bits per heavy atom. The maximum atomic E-state index is 12.0. The van der Waals surface area contributed by atoms with E-state index in [9.17, 15) is 9.59 Å². The van der Waals surface area contributed by atoms with Crippen molar-refractivity contribution in [1.82, 2.24) is 20.4 Å². The first-order valence-corrected chi connectivity index (χ1v) is 6.34. The molecule has 1 fully saturated rings. The number of carbonyl (C=O) groups excluding carboxylic acids is 2. The molecule has 0 aromatic carbocycles. The fraction of sp³-hybridized carbons (Fsp3) is 0.583. The van der Waals surface area contributed by atoms with Crippen molar-refractivity contribution in [3.05, 3.63) is 12.4 Å². The van der Waals surface area contributed by atoms with E-state index in [2.05, 4.69) is 28.0 Å². The van der Waals surface area contributed by atoms with Crippen LogP contribution < -0.4 is 16.0 Å². The van der Waals surface area contributed by atoms with Crippen LogP contribution in [0.15, 0.2) is 12.4 Å². The summed E-state index contributed by atoms with van der Waals surface area (Å²) in [5, 5.41) is 12.6. The molecule has 1 aromatic heterocycles. The van der Waals surface area contributed by atoms with Crippen molar-refractivity contribution in [3.8, 4) is 0 Å². The number of amides is 2. The molecule has 0 spiro atoms. The number of nitrogens with one attached hydrogen (secondary N) is 3. The van der Waals surface area contributed by atoms with Gasteiger partial charge in [-0.1, -0.05) is 6.92 Å². The predicted molar refractivity (Wildman–Crippen MR) is 70.4 cm³/mol. The summed E-state index contributed by atoms with van der Waals surface area (Å²) in [5.41, 5.74) is 0.619. The minimum Gasteiger partial charge on any atom is -0.358 e. The molecular formula is C12H19N5O2. The Hall–Kier alpha value is -1.89. The van der Waals surface area contributed by atoms with Crippen LogP contribution in [-0.2, 0) is 16.1 Å². The van der Waals surface area contributed by atoms with Gasteiger partial charge in [0.1, 0.15) is 6.54 Å². The predicted octanol–water partition coefficient (Wildman–Crippen LogP) is -0.577. The molecule has 1 aliphatic rings. The van der Waals surface area contributed by atoms with Gasteiger partial charge in [0.05, 0.1) is 17.8 Å². The molecule has 0 bridgehead atoms. The quantitative estimate of drug-likeness (QED) is 0.680. The number of hydrogen-bond donors (Lipinski definition) is 3. The van der Waals surface area contributed by atoms with Crippen molar-refractivity contribution in [2.75, 3.05) is 25.5 Å². The van der Waals surface area contributed by atoms with E-state index in [0.717, 1.165) is 6.54 Å². The Balaban J connectivity index is 1.92. The third kappa shape index (κ3) is 3.31. The van der Waals surface area contributed by atoms with E-state index in [1.165, 1.54) is 4.68 Å². The van der Waals surface area contributed by atoms with Crippen molar-refractivity contribution < 1.29 is 9.59 Å². The van der Waals surface area contributed by atoms with Crippen LogP contribution in [0.25, 0.3) is 0 Å². The molecule has 1 aliphatic heterocycles. The van der Waals surface area contributed by atoms with Gasteiger partial charge in [0.15, 0.2) is 0 Å². The molecule has 3 N–H and O–H groups in total. The van der Waals surface area contributed by atoms with Gasteiger partial charge in [0.25, 0.3) is 0 Å². The van der Waals surface area contributed by atoms with Crippen LogP contribution in [0.3, 0.4) is 0 Å². The average Bonchev–Trinajstić information content (AvgIpc) is 2.98. The Morgan fingerprint density at radius 1 is 1.53 bits per heavy atom. The number of rotatable bonds is 4. The molecule has 2 heterocycles. The van der Waals surface area contributed by atoms with Crippen molar-refractivity contribution in [2.45, 2.75) is 13.5 Å². The van der Waals surface area contributed by atoms with Crippen LogP contribution in [0, 0.1) is 11.8 Å². The van der Waals surface area contributed by atoms with Crippen molar-refractivity contribution in [2.24, 2.45) is 11.8 Å². The smallest absolute Gasteiger partial charge is 0.241 e. The highest BCUT2D eigenvalue weighted by atomic mass is 16.2. The zero-order valence-corrected chi connectivity index (χ0v) is 11.1. The standard InChI is InChI=1S/C12H19N5O2/c1-8-3-14-5-10(8)12(19)16-9-4-15-17(6-9)7-11(18)13-2/h4,6,8,10,14H,3,5,7H2,1-2H3,(H,13,18)(H,16,19). The largest absolute Gasteiger partial charge is 0.358 e. The van der Waals surface area contributed by atoms with Gasteiger partial charge in [-0.25, -0.2) is 0 Å². The zero-order valence-electron chi connectivity index (χ0n) is 11.1. The summed E-state index contributed by atoms with van der Waals surface area (Å²) >= 11 is 0. The van der Waals surface area contributed by atoms with Gasteiger partial charge >= 0.3 is 0 Å². The maximum absolute atomic E-state index is 12.0. The molecule has 0 aliphatic carbocycles. The lowest BCUT2D eigenvalue weighted by molar-refractivity contribution is -0.121. The number of carbonyl (C=O) groups is 2. The fourth-order valence-corrected chi connectivity index (χ4v) is 2.14. The minimum atomic E-state index is -0.130. The summed E-state index contributed by atoms with van der Waals surface area (Å²) in [4.78, 5) is 23.2. The van der Waals surface area contributed by atoms with E-state index >= 15 is 0 Å². The Morgan fingerprint density at radius 2 is 2.32 bits per heavy atom. The zero-order chi connectivity index (χ0) is 13.8. The second kappa shape index (κ2) is 5.83. The molecule has 2 unspecified atom stereocenters. The van der Waals surface area contributed by atoms with E-state index in [1.54, 1.807) is 19.4 Å². The van der Waals surface area contributed by atoms with E-state index < -0.39 is 0 Å². The lowest BCUT2D eigenvalue weighted by Crippen LogP contribution is -2.27. The van der Waals surface area contributed by atoms with Crippen LogP contribution >= 0.6 is 0 Å². The van der Waals surface area contributed by atoms with Gasteiger partial charge in [0.2, 0.25) is 11.8 Å². The first-order valence-electron chi connectivity index (χ1n) is 6.34. The number of hydrogen-bond acceptors (Lipinski definition) is 4. The number of nitrogens with zero attached hydrogens (tertiary/aromatic N) is 2. The van der Waals surface area contributed by atoms with E-state index in [4.69, 9.17) is 0 Å². The molecule has 1 saturated heterocycles. The highest BCUT2D eigenvalue weighted by Crippen LogP contribution is 2.18. The highest BCUT2D eigenvalue weighted by molar-refractivity contribution is 5.92. The molecule has 2 rings (SSSR count). The average molecular weight is 265 g/mol. The molecule has 0 radical (unpaired) electrons. The molecule has 0 saturated carbocycles. The molecule has 2 amide bonds. The third-order valence-electron chi connectivity index (χ3n) is 3.34. The summed E-state index contributed by atoms with van der Waals surface area (Å²) < 4.78 is 1.49. The molecule has 7 heteroatoms. The van der Waals surface area contributed by atoms with Gasteiger partial charge in [-0.3, -0.25) is 14.3 Å². The third-order valence-corrected chi connectivity index (χ3v) is 3.34. The molecule has 104 valence electrons. The maximum Gasteiger partial charge on any atom is 0.241 e. The normalized spacial score (nSPS) is 22.2. The highest BCUT2D eigenvalue weighted by Gasteiger charge is 2.29. The lowest BCUT2D eigenvalue weighted by atomic mass is 9.97. The summed E-state index contributed by atoms with van der Waals surface area (Å²) in [7, 11) is 1.57. The summed E-state index contributed by atoms with van der Waals surface area (Å²) in [6, 6.07) is 0. The second-order valence-electron chi connectivity index (χ2n) is 4.83. The van der Waals surface area contributed by atoms with Crippen molar-refractivity contribution in [1.29, 1.82) is 0 Å². The van der Waals surface area contributed by atoms with Gasteiger partial charge in [-0.05, 0) is 12.5 Å². The van der Waals surface area contributed by atoms with E-state index in [1.807, 2.05) is 0 Å². The SMILES string of the molecule is CNC(=O)Cn1cc(NC(=O)C2CNCC2C)cn1. The number of aromatic nitrogens is 2. The molecular weight excluding hydrogens is 246 g/mol. The van der Waals surface area contributed by atoms with Crippen LogP contribution in [0.5, 0.6) is 0 Å². The van der Waals surface area contributed by atoms with Crippen LogP contribution in [0.1, 0.15) is 6.92 Å². The Kier molecular flexibility index (Phi) is 4.16. The first kappa shape index (κ1) is 13.5. The number of anilines is 1. The minimum absolute atomic E-state index is 0.00278. The number of likely N-dealkylation sites (N-methyl/N-ethyl adjacent to an activating group) is 1. The van der Waals surface area contributed by atoms with Gasteiger partial charge < -0.3 is 16.0 Å². The second-order valence-corrected chi connectivity index (χ2v) is 4.83. The molecule has 7 nitrogen and oxygen atoms in total. The van der Waals surface area contributed by atoms with Crippen LogP contribution in [-0.4, -0.2) is 41.7 Å². The van der Waals surface area contributed by atoms with Crippen molar-refractivity contribution in [3.63, 3.8) is 0 Å². The van der Waals surface area contributed by atoms with Gasteiger partial charge in [0, 0.05) is 19.8 Å². The monoisotopic (exact) mass is 265 g/mol. The van der Waals surface area contributed by atoms with Gasteiger partial charge in [-0.2, -0.15) is 5.10 Å². The Labute approximate surface area is 111 Å². The van der Waals surface area contributed by atoms with E-state index in [0.29, 0.717) is 18.2 Å².